The summed E-state index contributed by atoms with van der Waals surface area (Å²) in [5, 5.41) is 9.36. The van der Waals surface area contributed by atoms with Crippen LogP contribution in [0.25, 0.3) is 33.1 Å². The summed E-state index contributed by atoms with van der Waals surface area (Å²) < 4.78 is 13.1. The summed E-state index contributed by atoms with van der Waals surface area (Å²) in [5.41, 5.74) is 4.34. The van der Waals surface area contributed by atoms with Crippen LogP contribution in [0.5, 0.6) is 5.75 Å². The number of benzene rings is 1. The lowest BCUT2D eigenvalue weighted by Crippen LogP contribution is -2.03. The minimum absolute atomic E-state index is 0.665. The minimum atomic E-state index is 0.665. The van der Waals surface area contributed by atoms with Gasteiger partial charge < -0.3 is 24.1 Å². The van der Waals surface area contributed by atoms with Crippen LogP contribution in [-0.2, 0) is 7.05 Å². The number of H-pyrrole nitrogens is 1. The molecule has 9 nitrogen and oxygen atoms in total. The highest BCUT2D eigenvalue weighted by Crippen LogP contribution is 2.40. The molecule has 0 bridgehead atoms. The first-order chi connectivity index (χ1) is 14.9. The van der Waals surface area contributed by atoms with Gasteiger partial charge in [-0.3, -0.25) is 0 Å². The Balaban J connectivity index is 1.77. The number of fused-ring (bicyclic) bond motifs is 3. The number of aromatic nitrogens is 6. The van der Waals surface area contributed by atoms with Gasteiger partial charge in [-0.25, -0.2) is 15.0 Å². The maximum Gasteiger partial charge on any atom is 0.145 e. The number of rotatable bonds is 4. The quantitative estimate of drug-likeness (QED) is 0.444. The molecule has 5 rings (SSSR count). The van der Waals surface area contributed by atoms with Gasteiger partial charge in [0.1, 0.15) is 40.4 Å². The van der Waals surface area contributed by atoms with Crippen molar-refractivity contribution >= 4 is 33.6 Å². The second-order valence-corrected chi connectivity index (χ2v) is 7.64. The number of methoxy groups -OCH3 is 1. The van der Waals surface area contributed by atoms with E-state index in [9.17, 15) is 0 Å². The summed E-state index contributed by atoms with van der Waals surface area (Å²) in [4.78, 5) is 17.1. The van der Waals surface area contributed by atoms with Crippen LogP contribution in [0.15, 0.2) is 22.9 Å². The summed E-state index contributed by atoms with van der Waals surface area (Å²) in [6.45, 7) is 7.66. The van der Waals surface area contributed by atoms with Gasteiger partial charge in [0.25, 0.3) is 0 Å². The van der Waals surface area contributed by atoms with Crippen LogP contribution in [0.3, 0.4) is 0 Å². The van der Waals surface area contributed by atoms with Crippen LogP contribution in [0.2, 0.25) is 0 Å². The molecule has 1 aromatic carbocycles. The Morgan fingerprint density at radius 2 is 1.94 bits per heavy atom. The number of hydrogen-bond acceptors (Lipinski definition) is 7. The van der Waals surface area contributed by atoms with E-state index in [4.69, 9.17) is 9.26 Å². The number of imidazole rings is 1. The highest BCUT2D eigenvalue weighted by Gasteiger charge is 2.21. The van der Waals surface area contributed by atoms with Crippen LogP contribution >= 0.6 is 0 Å². The van der Waals surface area contributed by atoms with Crippen molar-refractivity contribution in [3.05, 3.63) is 41.4 Å². The topological polar surface area (TPSA) is 107 Å². The van der Waals surface area contributed by atoms with Crippen molar-refractivity contribution < 1.29 is 9.26 Å². The molecule has 31 heavy (non-hydrogen) atoms. The zero-order chi connectivity index (χ0) is 21.9. The maximum atomic E-state index is 5.75. The largest absolute Gasteiger partial charge is 0.496 e. The second kappa shape index (κ2) is 6.83. The molecule has 158 valence electrons. The minimum Gasteiger partial charge on any atom is -0.496 e. The molecule has 0 radical (unpaired) electrons. The van der Waals surface area contributed by atoms with Crippen LogP contribution in [0.1, 0.15) is 23.1 Å². The van der Waals surface area contributed by atoms with Gasteiger partial charge in [0, 0.05) is 23.5 Å². The standard InChI is InChI=1S/C22H23N7O2/c1-10-19(11(2)31-28-10)15-7-16-14(8-17(15)30-6)20-21(26-16)24-12(3)25-22(20)27-18-9-23-13(4)29(18)5/h7-9H,1-6H3,(H2,24,25,26,27). The Hall–Kier alpha value is -3.88. The van der Waals surface area contributed by atoms with Gasteiger partial charge in [-0.15, -0.1) is 0 Å². The Morgan fingerprint density at radius 3 is 2.58 bits per heavy atom. The first-order valence-corrected chi connectivity index (χ1v) is 9.94. The molecule has 5 aromatic rings. The molecule has 0 aliphatic carbocycles. The summed E-state index contributed by atoms with van der Waals surface area (Å²) >= 11 is 0. The molecule has 0 unspecified atom stereocenters. The third-order valence-corrected chi connectivity index (χ3v) is 5.65. The number of nitrogens with zero attached hydrogens (tertiary/aromatic N) is 5. The van der Waals surface area contributed by atoms with Crippen molar-refractivity contribution in [1.82, 2.24) is 29.7 Å². The summed E-state index contributed by atoms with van der Waals surface area (Å²) in [5.74, 6) is 4.61. The molecule has 2 N–H and O–H groups in total. The fraction of sp³-hybridized carbons (Fsp3) is 0.273. The Morgan fingerprint density at radius 1 is 1.13 bits per heavy atom. The number of aryl methyl sites for hydroxylation is 4. The number of hydrogen-bond donors (Lipinski definition) is 2. The van der Waals surface area contributed by atoms with Gasteiger partial charge in [0.2, 0.25) is 0 Å². The predicted octanol–water partition coefficient (Wildman–Crippen LogP) is 4.49. The van der Waals surface area contributed by atoms with Crippen LogP contribution in [0.4, 0.5) is 11.6 Å². The molecule has 9 heteroatoms. The van der Waals surface area contributed by atoms with Crippen LogP contribution in [0, 0.1) is 27.7 Å². The van der Waals surface area contributed by atoms with E-state index >= 15 is 0 Å². The first kappa shape index (κ1) is 19.1. The number of nitrogens with one attached hydrogen (secondary N) is 2. The van der Waals surface area contributed by atoms with Gasteiger partial charge in [-0.1, -0.05) is 5.16 Å². The average Bonchev–Trinajstić information content (AvgIpc) is 3.36. The Labute approximate surface area is 178 Å². The van der Waals surface area contributed by atoms with Crippen molar-refractivity contribution in [1.29, 1.82) is 0 Å². The van der Waals surface area contributed by atoms with E-state index in [2.05, 4.69) is 36.5 Å². The lowest BCUT2D eigenvalue weighted by Gasteiger charge is -2.10. The van der Waals surface area contributed by atoms with Gasteiger partial charge in [0.05, 0.1) is 30.0 Å². The fourth-order valence-electron chi connectivity index (χ4n) is 4.00. The molecule has 0 aliphatic heterocycles. The van der Waals surface area contributed by atoms with E-state index in [0.29, 0.717) is 11.6 Å². The van der Waals surface area contributed by atoms with Gasteiger partial charge in [0.15, 0.2) is 0 Å². The van der Waals surface area contributed by atoms with Crippen LogP contribution in [-0.4, -0.2) is 36.8 Å². The average molecular weight is 417 g/mol. The molecule has 0 fully saturated rings. The van der Waals surface area contributed by atoms with E-state index in [1.165, 1.54) is 0 Å². The molecule has 0 saturated heterocycles. The van der Waals surface area contributed by atoms with Gasteiger partial charge in [-0.05, 0) is 39.8 Å². The van der Waals surface area contributed by atoms with Crippen molar-refractivity contribution in [3.63, 3.8) is 0 Å². The van der Waals surface area contributed by atoms with E-state index in [1.807, 2.05) is 45.4 Å². The summed E-state index contributed by atoms with van der Waals surface area (Å²) in [6, 6.07) is 4.06. The zero-order valence-corrected chi connectivity index (χ0v) is 18.3. The van der Waals surface area contributed by atoms with E-state index < -0.39 is 0 Å². The lowest BCUT2D eigenvalue weighted by atomic mass is 10.0. The highest BCUT2D eigenvalue weighted by atomic mass is 16.5. The van der Waals surface area contributed by atoms with Crippen molar-refractivity contribution in [2.75, 3.05) is 12.4 Å². The maximum absolute atomic E-state index is 5.75. The van der Waals surface area contributed by atoms with E-state index in [1.54, 1.807) is 13.3 Å². The summed E-state index contributed by atoms with van der Waals surface area (Å²) in [6.07, 6.45) is 1.80. The Bertz CT molecular complexity index is 1440. The lowest BCUT2D eigenvalue weighted by molar-refractivity contribution is 0.393. The molecule has 4 aromatic heterocycles. The smallest absolute Gasteiger partial charge is 0.145 e. The highest BCUT2D eigenvalue weighted by molar-refractivity contribution is 6.13. The third-order valence-electron chi connectivity index (χ3n) is 5.65. The Kier molecular flexibility index (Phi) is 4.21. The predicted molar refractivity (Wildman–Crippen MR) is 119 cm³/mol. The monoisotopic (exact) mass is 417 g/mol. The molecule has 0 atom stereocenters. The van der Waals surface area contributed by atoms with Crippen molar-refractivity contribution in [3.8, 4) is 16.9 Å². The molecule has 4 heterocycles. The third kappa shape index (κ3) is 2.92. The van der Waals surface area contributed by atoms with E-state index in [0.717, 1.165) is 61.9 Å². The molecule has 0 amide bonds. The normalized spacial score (nSPS) is 11.5. The number of aromatic amines is 1. The molecular formula is C22H23N7O2. The van der Waals surface area contributed by atoms with Crippen molar-refractivity contribution in [2.45, 2.75) is 27.7 Å². The number of ether oxygens (including phenoxy) is 1. The SMILES string of the molecule is COc1cc2c(cc1-c1c(C)noc1C)[nH]c1nc(C)nc(Nc3cnc(C)n3C)c12. The summed E-state index contributed by atoms with van der Waals surface area (Å²) in [7, 11) is 3.62. The number of anilines is 2. The van der Waals surface area contributed by atoms with Crippen molar-refractivity contribution in [2.24, 2.45) is 7.05 Å². The molecule has 0 aliphatic rings. The first-order valence-electron chi connectivity index (χ1n) is 9.94. The van der Waals surface area contributed by atoms with E-state index in [-0.39, 0.29) is 0 Å². The fourth-order valence-corrected chi connectivity index (χ4v) is 4.00. The van der Waals surface area contributed by atoms with Crippen LogP contribution < -0.4 is 10.1 Å². The molecule has 0 saturated carbocycles. The van der Waals surface area contributed by atoms with Gasteiger partial charge >= 0.3 is 0 Å². The molecule has 0 spiro atoms. The zero-order valence-electron chi connectivity index (χ0n) is 18.3. The second-order valence-electron chi connectivity index (χ2n) is 7.64. The van der Waals surface area contributed by atoms with Gasteiger partial charge in [-0.2, -0.15) is 0 Å². The molecular weight excluding hydrogens is 394 g/mol.